The van der Waals surface area contributed by atoms with Gasteiger partial charge in [0.25, 0.3) is 0 Å². The van der Waals surface area contributed by atoms with Crippen LogP contribution in [0.3, 0.4) is 0 Å². The molecule has 2 heterocycles. The van der Waals surface area contributed by atoms with Crippen LogP contribution in [0, 0.1) is 5.92 Å². The number of phenolic OH excluding ortho intramolecular Hbond substituents is 1. The SMILES string of the molecule is Oc1cccc(C2CCN(CC3CCc4[nH]c5ccccc5c4C3)CC2)c1. The number of likely N-dealkylation sites (tertiary alicyclic amines) is 1. The van der Waals surface area contributed by atoms with E-state index in [0.717, 1.165) is 5.92 Å². The minimum Gasteiger partial charge on any atom is -0.508 e. The van der Waals surface area contributed by atoms with Crippen molar-refractivity contribution in [1.29, 1.82) is 0 Å². The highest BCUT2D eigenvalue weighted by Crippen LogP contribution is 2.34. The van der Waals surface area contributed by atoms with Crippen LogP contribution in [0.15, 0.2) is 48.5 Å². The molecule has 27 heavy (non-hydrogen) atoms. The zero-order valence-corrected chi connectivity index (χ0v) is 15.8. The standard InChI is InChI=1S/C24H28N2O/c27-20-5-3-4-19(15-20)18-10-12-26(13-11-18)16-17-8-9-24-22(14-17)21-6-1-2-7-23(21)25-24/h1-7,15,17-18,25,27H,8-14,16H2. The zero-order valence-electron chi connectivity index (χ0n) is 15.8. The quantitative estimate of drug-likeness (QED) is 0.700. The first kappa shape index (κ1) is 16.9. The molecule has 2 aromatic carbocycles. The number of piperidine rings is 1. The number of benzene rings is 2. The lowest BCUT2D eigenvalue weighted by Gasteiger charge is -2.35. The zero-order chi connectivity index (χ0) is 18.2. The molecule has 2 aliphatic rings. The molecule has 1 atom stereocenters. The summed E-state index contributed by atoms with van der Waals surface area (Å²) >= 11 is 0. The molecule has 3 nitrogen and oxygen atoms in total. The predicted molar refractivity (Wildman–Crippen MR) is 110 cm³/mol. The van der Waals surface area contributed by atoms with E-state index >= 15 is 0 Å². The summed E-state index contributed by atoms with van der Waals surface area (Å²) in [6, 6.07) is 16.6. The van der Waals surface area contributed by atoms with Gasteiger partial charge < -0.3 is 15.0 Å². The maximum Gasteiger partial charge on any atom is 0.115 e. The predicted octanol–water partition coefficient (Wildman–Crippen LogP) is 4.86. The van der Waals surface area contributed by atoms with Crippen LogP contribution in [0.5, 0.6) is 5.75 Å². The number of nitrogens with one attached hydrogen (secondary N) is 1. The number of aromatic hydroxyl groups is 1. The second-order valence-corrected chi connectivity index (χ2v) is 8.41. The molecule has 1 saturated heterocycles. The maximum atomic E-state index is 9.74. The van der Waals surface area contributed by atoms with Crippen molar-refractivity contribution in [3.63, 3.8) is 0 Å². The fraction of sp³-hybridized carbons (Fsp3) is 0.417. The van der Waals surface area contributed by atoms with Crippen molar-refractivity contribution < 1.29 is 5.11 Å². The van der Waals surface area contributed by atoms with E-state index < -0.39 is 0 Å². The molecule has 0 bridgehead atoms. The number of nitrogens with zero attached hydrogens (tertiary/aromatic N) is 1. The van der Waals surface area contributed by atoms with Crippen LogP contribution in [0.25, 0.3) is 10.9 Å². The Balaban J connectivity index is 1.21. The highest BCUT2D eigenvalue weighted by atomic mass is 16.3. The summed E-state index contributed by atoms with van der Waals surface area (Å²) in [4.78, 5) is 6.31. The van der Waals surface area contributed by atoms with E-state index in [1.165, 1.54) is 73.9 Å². The molecule has 5 rings (SSSR count). The Hall–Kier alpha value is -2.26. The van der Waals surface area contributed by atoms with E-state index in [1.807, 2.05) is 12.1 Å². The third-order valence-electron chi connectivity index (χ3n) is 6.64. The van der Waals surface area contributed by atoms with Gasteiger partial charge in [0.15, 0.2) is 0 Å². The third-order valence-corrected chi connectivity index (χ3v) is 6.64. The summed E-state index contributed by atoms with van der Waals surface area (Å²) in [6.45, 7) is 3.58. The lowest BCUT2D eigenvalue weighted by atomic mass is 9.84. The van der Waals surface area contributed by atoms with Crippen molar-refractivity contribution in [2.24, 2.45) is 5.92 Å². The fourth-order valence-electron chi connectivity index (χ4n) is 5.19. The van der Waals surface area contributed by atoms with Gasteiger partial charge >= 0.3 is 0 Å². The molecule has 3 heteroatoms. The summed E-state index contributed by atoms with van der Waals surface area (Å²) in [6.07, 6.45) is 6.11. The number of fused-ring (bicyclic) bond motifs is 3. The Morgan fingerprint density at radius 3 is 2.70 bits per heavy atom. The number of aryl methyl sites for hydroxylation is 1. The van der Waals surface area contributed by atoms with Crippen LogP contribution >= 0.6 is 0 Å². The molecule has 2 N–H and O–H groups in total. The monoisotopic (exact) mass is 360 g/mol. The van der Waals surface area contributed by atoms with Crippen LogP contribution < -0.4 is 0 Å². The van der Waals surface area contributed by atoms with Crippen molar-refractivity contribution in [2.75, 3.05) is 19.6 Å². The maximum absolute atomic E-state index is 9.74. The Kier molecular flexibility index (Phi) is 4.41. The van der Waals surface area contributed by atoms with Gasteiger partial charge in [-0.25, -0.2) is 0 Å². The van der Waals surface area contributed by atoms with E-state index in [0.29, 0.717) is 11.7 Å². The molecule has 0 radical (unpaired) electrons. The van der Waals surface area contributed by atoms with Crippen molar-refractivity contribution in [3.8, 4) is 5.75 Å². The average Bonchev–Trinajstić information content (AvgIpc) is 3.07. The minimum absolute atomic E-state index is 0.395. The van der Waals surface area contributed by atoms with E-state index in [9.17, 15) is 5.11 Å². The number of hydrogen-bond acceptors (Lipinski definition) is 2. The van der Waals surface area contributed by atoms with E-state index in [2.05, 4.69) is 40.2 Å². The lowest BCUT2D eigenvalue weighted by molar-refractivity contribution is 0.175. The fourth-order valence-corrected chi connectivity index (χ4v) is 5.19. The summed E-state index contributed by atoms with van der Waals surface area (Å²) < 4.78 is 0. The van der Waals surface area contributed by atoms with Crippen LogP contribution in [0.2, 0.25) is 0 Å². The highest BCUT2D eigenvalue weighted by molar-refractivity contribution is 5.84. The molecular weight excluding hydrogens is 332 g/mol. The van der Waals surface area contributed by atoms with E-state index in [1.54, 1.807) is 11.6 Å². The molecule has 3 aromatic rings. The van der Waals surface area contributed by atoms with Gasteiger partial charge in [-0.05, 0) is 86.4 Å². The van der Waals surface area contributed by atoms with Gasteiger partial charge in [0.1, 0.15) is 5.75 Å². The van der Waals surface area contributed by atoms with E-state index in [4.69, 9.17) is 0 Å². The van der Waals surface area contributed by atoms with Gasteiger partial charge in [0.2, 0.25) is 0 Å². The first-order chi connectivity index (χ1) is 13.3. The van der Waals surface area contributed by atoms with Gasteiger partial charge in [-0.1, -0.05) is 30.3 Å². The molecule has 0 saturated carbocycles. The smallest absolute Gasteiger partial charge is 0.115 e. The molecule has 1 fully saturated rings. The Morgan fingerprint density at radius 1 is 1.00 bits per heavy atom. The van der Waals surface area contributed by atoms with Crippen molar-refractivity contribution >= 4 is 10.9 Å². The Morgan fingerprint density at radius 2 is 1.85 bits per heavy atom. The van der Waals surface area contributed by atoms with Crippen LogP contribution in [-0.4, -0.2) is 34.6 Å². The first-order valence-electron chi connectivity index (χ1n) is 10.4. The average molecular weight is 361 g/mol. The molecule has 140 valence electrons. The number of para-hydroxylation sites is 1. The summed E-state index contributed by atoms with van der Waals surface area (Å²) in [7, 11) is 0. The van der Waals surface area contributed by atoms with E-state index in [-0.39, 0.29) is 0 Å². The summed E-state index contributed by atoms with van der Waals surface area (Å²) in [5.41, 5.74) is 5.64. The van der Waals surface area contributed by atoms with Crippen molar-refractivity contribution in [3.05, 3.63) is 65.4 Å². The van der Waals surface area contributed by atoms with Crippen molar-refractivity contribution in [1.82, 2.24) is 9.88 Å². The molecule has 1 unspecified atom stereocenters. The topological polar surface area (TPSA) is 39.3 Å². The number of hydrogen-bond donors (Lipinski definition) is 2. The molecule has 0 amide bonds. The van der Waals surface area contributed by atoms with Gasteiger partial charge in [-0.3, -0.25) is 0 Å². The minimum atomic E-state index is 0.395. The molecule has 0 spiro atoms. The third kappa shape index (κ3) is 3.37. The second-order valence-electron chi connectivity index (χ2n) is 8.41. The molecular formula is C24H28N2O. The summed E-state index contributed by atoms with van der Waals surface area (Å²) in [5, 5.41) is 11.2. The normalized spacial score (nSPS) is 21.4. The number of rotatable bonds is 3. The second kappa shape index (κ2) is 7.05. The van der Waals surface area contributed by atoms with Crippen LogP contribution in [0.1, 0.15) is 42.0 Å². The number of aromatic nitrogens is 1. The summed E-state index contributed by atoms with van der Waals surface area (Å²) in [5.74, 6) is 1.76. The number of phenols is 1. The van der Waals surface area contributed by atoms with Gasteiger partial charge in [0, 0.05) is 23.1 Å². The van der Waals surface area contributed by atoms with Gasteiger partial charge in [-0.2, -0.15) is 0 Å². The Bertz CT molecular complexity index is 936. The molecule has 1 aromatic heterocycles. The van der Waals surface area contributed by atoms with Crippen LogP contribution in [-0.2, 0) is 12.8 Å². The largest absolute Gasteiger partial charge is 0.508 e. The van der Waals surface area contributed by atoms with Crippen LogP contribution in [0.4, 0.5) is 0 Å². The number of H-pyrrole nitrogens is 1. The van der Waals surface area contributed by atoms with Gasteiger partial charge in [-0.15, -0.1) is 0 Å². The highest BCUT2D eigenvalue weighted by Gasteiger charge is 2.26. The Labute approximate surface area is 161 Å². The molecule has 1 aliphatic heterocycles. The van der Waals surface area contributed by atoms with Gasteiger partial charge in [0.05, 0.1) is 0 Å². The molecule has 1 aliphatic carbocycles. The first-order valence-corrected chi connectivity index (χ1v) is 10.4. The number of aromatic amines is 1. The van der Waals surface area contributed by atoms with Crippen molar-refractivity contribution in [2.45, 2.75) is 38.0 Å². The lowest BCUT2D eigenvalue weighted by Crippen LogP contribution is -2.37.